The van der Waals surface area contributed by atoms with Crippen LogP contribution in [0.5, 0.6) is 0 Å². The number of ether oxygens (including phenoxy) is 1. The van der Waals surface area contributed by atoms with E-state index in [4.69, 9.17) is 4.74 Å². The quantitative estimate of drug-likeness (QED) is 0.858. The van der Waals surface area contributed by atoms with Crippen LogP contribution in [0, 0.1) is 6.92 Å². The van der Waals surface area contributed by atoms with Crippen LogP contribution in [-0.2, 0) is 4.74 Å². The summed E-state index contributed by atoms with van der Waals surface area (Å²) in [4.78, 5) is 0. The maximum atomic E-state index is 5.80. The van der Waals surface area contributed by atoms with Crippen molar-refractivity contribution in [1.82, 2.24) is 5.32 Å². The van der Waals surface area contributed by atoms with Crippen LogP contribution in [0.25, 0.3) is 0 Å². The van der Waals surface area contributed by atoms with Gasteiger partial charge in [-0.1, -0.05) is 31.2 Å². The fraction of sp³-hybridized carbons (Fsp3) is 0.467. The second kappa shape index (κ2) is 5.87. The van der Waals surface area contributed by atoms with Crippen molar-refractivity contribution >= 4 is 0 Å². The highest BCUT2D eigenvalue weighted by molar-refractivity contribution is 5.33. The van der Waals surface area contributed by atoms with Crippen LogP contribution < -0.4 is 5.32 Å². The molecule has 0 spiro atoms. The van der Waals surface area contributed by atoms with Crippen molar-refractivity contribution in [3.8, 4) is 0 Å². The smallest absolute Gasteiger partial charge is 0.113 e. The van der Waals surface area contributed by atoms with Gasteiger partial charge in [-0.2, -0.15) is 0 Å². The van der Waals surface area contributed by atoms with Crippen molar-refractivity contribution in [3.63, 3.8) is 0 Å². The number of aryl methyl sites for hydroxylation is 1. The van der Waals surface area contributed by atoms with Crippen molar-refractivity contribution in [2.75, 3.05) is 13.2 Å². The Balaban J connectivity index is 2.28. The van der Waals surface area contributed by atoms with E-state index >= 15 is 0 Å². The molecule has 1 aromatic carbocycles. The number of allylic oxidation sites excluding steroid dienone is 1. The highest BCUT2D eigenvalue weighted by Crippen LogP contribution is 2.27. The van der Waals surface area contributed by atoms with E-state index in [1.807, 2.05) is 0 Å². The van der Waals surface area contributed by atoms with Gasteiger partial charge in [-0.3, -0.25) is 0 Å². The van der Waals surface area contributed by atoms with Crippen LogP contribution in [0.4, 0.5) is 0 Å². The molecular weight excluding hydrogens is 210 g/mol. The first kappa shape index (κ1) is 12.2. The van der Waals surface area contributed by atoms with Gasteiger partial charge in [-0.05, 0) is 43.5 Å². The van der Waals surface area contributed by atoms with Gasteiger partial charge in [0.1, 0.15) is 5.76 Å². The molecule has 0 aliphatic carbocycles. The van der Waals surface area contributed by atoms with Crippen molar-refractivity contribution < 1.29 is 4.74 Å². The molecule has 1 heterocycles. The summed E-state index contributed by atoms with van der Waals surface area (Å²) in [5.74, 6) is 1.09. The standard InChI is InChI=1S/C15H21NO/c1-3-16-15(14-10-6-7-11-17-14)13-9-5-4-8-12(13)2/h4-5,8-10,15-16H,3,6-7,11H2,1-2H3. The van der Waals surface area contributed by atoms with Crippen molar-refractivity contribution in [2.24, 2.45) is 0 Å². The first-order valence-electron chi connectivity index (χ1n) is 6.44. The van der Waals surface area contributed by atoms with E-state index in [2.05, 4.69) is 49.5 Å². The van der Waals surface area contributed by atoms with Gasteiger partial charge in [0.2, 0.25) is 0 Å². The molecule has 0 saturated heterocycles. The monoisotopic (exact) mass is 231 g/mol. The van der Waals surface area contributed by atoms with E-state index in [1.54, 1.807) is 0 Å². The molecule has 1 unspecified atom stereocenters. The van der Waals surface area contributed by atoms with Crippen molar-refractivity contribution in [3.05, 3.63) is 47.2 Å². The maximum Gasteiger partial charge on any atom is 0.113 e. The van der Waals surface area contributed by atoms with Gasteiger partial charge in [0.15, 0.2) is 0 Å². The van der Waals surface area contributed by atoms with E-state index in [9.17, 15) is 0 Å². The zero-order chi connectivity index (χ0) is 12.1. The van der Waals surface area contributed by atoms with E-state index in [0.717, 1.165) is 31.8 Å². The summed E-state index contributed by atoms with van der Waals surface area (Å²) >= 11 is 0. The van der Waals surface area contributed by atoms with Gasteiger partial charge in [-0.15, -0.1) is 0 Å². The second-order valence-electron chi connectivity index (χ2n) is 4.44. The first-order chi connectivity index (χ1) is 8.33. The molecule has 92 valence electrons. The number of nitrogens with one attached hydrogen (secondary N) is 1. The molecule has 1 N–H and O–H groups in total. The molecular formula is C15H21NO. The van der Waals surface area contributed by atoms with E-state index in [1.165, 1.54) is 11.1 Å². The molecule has 1 atom stereocenters. The minimum Gasteiger partial charge on any atom is -0.496 e. The Morgan fingerprint density at radius 3 is 2.82 bits per heavy atom. The predicted octanol–water partition coefficient (Wildman–Crippen LogP) is 3.34. The fourth-order valence-electron chi connectivity index (χ4n) is 2.26. The van der Waals surface area contributed by atoms with Crippen LogP contribution in [0.1, 0.15) is 36.9 Å². The Kier molecular flexibility index (Phi) is 4.21. The summed E-state index contributed by atoms with van der Waals surface area (Å²) in [5.41, 5.74) is 2.64. The van der Waals surface area contributed by atoms with Gasteiger partial charge in [0.25, 0.3) is 0 Å². The van der Waals surface area contributed by atoms with Crippen molar-refractivity contribution in [1.29, 1.82) is 0 Å². The molecule has 0 fully saturated rings. The molecule has 2 heteroatoms. The molecule has 1 aromatic rings. The minimum absolute atomic E-state index is 0.210. The van der Waals surface area contributed by atoms with Gasteiger partial charge in [0, 0.05) is 0 Å². The van der Waals surface area contributed by atoms with Crippen LogP contribution >= 0.6 is 0 Å². The zero-order valence-electron chi connectivity index (χ0n) is 10.7. The lowest BCUT2D eigenvalue weighted by Crippen LogP contribution is -2.26. The van der Waals surface area contributed by atoms with Crippen LogP contribution in [0.15, 0.2) is 36.1 Å². The first-order valence-corrected chi connectivity index (χ1v) is 6.44. The van der Waals surface area contributed by atoms with E-state index < -0.39 is 0 Å². The summed E-state index contributed by atoms with van der Waals surface area (Å²) in [6.45, 7) is 6.08. The predicted molar refractivity (Wildman–Crippen MR) is 70.9 cm³/mol. The summed E-state index contributed by atoms with van der Waals surface area (Å²) < 4.78 is 5.80. The highest BCUT2D eigenvalue weighted by Gasteiger charge is 2.20. The normalized spacial score (nSPS) is 17.2. The Morgan fingerprint density at radius 1 is 1.35 bits per heavy atom. The minimum atomic E-state index is 0.210. The second-order valence-corrected chi connectivity index (χ2v) is 4.44. The molecule has 17 heavy (non-hydrogen) atoms. The van der Waals surface area contributed by atoms with Crippen LogP contribution in [-0.4, -0.2) is 13.2 Å². The number of rotatable bonds is 4. The average Bonchev–Trinajstić information content (AvgIpc) is 2.38. The number of hydrogen-bond donors (Lipinski definition) is 1. The molecule has 1 aliphatic rings. The topological polar surface area (TPSA) is 21.3 Å². The number of benzene rings is 1. The molecule has 0 aromatic heterocycles. The lowest BCUT2D eigenvalue weighted by Gasteiger charge is -2.26. The maximum absolute atomic E-state index is 5.80. The summed E-state index contributed by atoms with van der Waals surface area (Å²) in [7, 11) is 0. The SMILES string of the molecule is CCNC(C1=CCCCO1)c1ccccc1C. The molecule has 2 nitrogen and oxygen atoms in total. The molecule has 0 bridgehead atoms. The number of hydrogen-bond acceptors (Lipinski definition) is 2. The third-order valence-corrected chi connectivity index (χ3v) is 3.15. The Morgan fingerprint density at radius 2 is 2.18 bits per heavy atom. The summed E-state index contributed by atoms with van der Waals surface area (Å²) in [6.07, 6.45) is 4.49. The van der Waals surface area contributed by atoms with Crippen molar-refractivity contribution in [2.45, 2.75) is 32.7 Å². The zero-order valence-corrected chi connectivity index (χ0v) is 10.7. The highest BCUT2D eigenvalue weighted by atomic mass is 16.5. The lowest BCUT2D eigenvalue weighted by atomic mass is 9.98. The lowest BCUT2D eigenvalue weighted by molar-refractivity contribution is 0.168. The largest absolute Gasteiger partial charge is 0.496 e. The summed E-state index contributed by atoms with van der Waals surface area (Å²) in [5, 5.41) is 3.52. The third-order valence-electron chi connectivity index (χ3n) is 3.15. The van der Waals surface area contributed by atoms with Crippen LogP contribution in [0.2, 0.25) is 0 Å². The van der Waals surface area contributed by atoms with Gasteiger partial charge in [0.05, 0.1) is 12.6 Å². The third kappa shape index (κ3) is 2.89. The Labute approximate surface area is 104 Å². The molecule has 1 aliphatic heterocycles. The molecule has 0 radical (unpaired) electrons. The fourth-order valence-corrected chi connectivity index (χ4v) is 2.26. The Hall–Kier alpha value is -1.28. The van der Waals surface area contributed by atoms with Gasteiger partial charge < -0.3 is 10.1 Å². The Bertz CT molecular complexity index is 398. The number of likely N-dealkylation sites (N-methyl/N-ethyl adjacent to an activating group) is 1. The van der Waals surface area contributed by atoms with E-state index in [0.29, 0.717) is 0 Å². The van der Waals surface area contributed by atoms with Crippen LogP contribution in [0.3, 0.4) is 0 Å². The van der Waals surface area contributed by atoms with Gasteiger partial charge >= 0.3 is 0 Å². The molecule has 0 saturated carbocycles. The molecule has 0 amide bonds. The summed E-state index contributed by atoms with van der Waals surface area (Å²) in [6, 6.07) is 8.72. The molecule has 2 rings (SSSR count). The average molecular weight is 231 g/mol. The van der Waals surface area contributed by atoms with E-state index in [-0.39, 0.29) is 6.04 Å². The van der Waals surface area contributed by atoms with Gasteiger partial charge in [-0.25, -0.2) is 0 Å².